The maximum Gasteiger partial charge on any atom is 0.345 e. The molecule has 12 nitrogen and oxygen atoms in total. The summed E-state index contributed by atoms with van der Waals surface area (Å²) in [4.78, 5) is 49.4. The first kappa shape index (κ1) is 36.1. The summed E-state index contributed by atoms with van der Waals surface area (Å²) in [5.41, 5.74) is 6.36. The number of hydrogen-bond donors (Lipinski definition) is 2. The van der Waals surface area contributed by atoms with Crippen LogP contribution in [0, 0.1) is 0 Å². The van der Waals surface area contributed by atoms with Gasteiger partial charge < -0.3 is 18.9 Å². The Kier molecular flexibility index (Phi) is 13.3. The van der Waals surface area contributed by atoms with Gasteiger partial charge in [0.2, 0.25) is 11.8 Å². The summed E-state index contributed by atoms with van der Waals surface area (Å²) in [7, 11) is 2.84. The fourth-order valence-corrected chi connectivity index (χ4v) is 4.57. The van der Waals surface area contributed by atoms with Gasteiger partial charge in [-0.3, -0.25) is 9.59 Å². The van der Waals surface area contributed by atoms with Gasteiger partial charge in [0.25, 0.3) is 0 Å². The lowest BCUT2D eigenvalue weighted by Crippen LogP contribution is -2.20. The maximum atomic E-state index is 12.5. The number of benzene rings is 4. The molecule has 4 aromatic rings. The molecular formula is C35H30Cl2N4O8. The van der Waals surface area contributed by atoms with Crippen LogP contribution in [-0.2, 0) is 9.59 Å². The normalized spacial score (nSPS) is 10.9. The van der Waals surface area contributed by atoms with E-state index in [2.05, 4.69) is 21.1 Å². The number of nitrogens with one attached hydrogen (secondary N) is 2. The number of amides is 2. The lowest BCUT2D eigenvalue weighted by atomic mass is 10.2. The van der Waals surface area contributed by atoms with Crippen LogP contribution < -0.4 is 29.8 Å². The van der Waals surface area contributed by atoms with E-state index in [1.165, 1.54) is 38.8 Å². The number of halogens is 2. The number of carbonyl (C=O) groups is 4. The van der Waals surface area contributed by atoms with E-state index < -0.39 is 23.8 Å². The summed E-state index contributed by atoms with van der Waals surface area (Å²) in [6, 6.07) is 22.5. The Hall–Kier alpha value is -5.72. The van der Waals surface area contributed by atoms with Crippen LogP contribution in [0.15, 0.2) is 95.1 Å². The highest BCUT2D eigenvalue weighted by Crippen LogP contribution is 2.30. The summed E-state index contributed by atoms with van der Waals surface area (Å²) in [5.74, 6) is -1.16. The minimum Gasteiger partial charge on any atom is -0.493 e. The van der Waals surface area contributed by atoms with Gasteiger partial charge in [-0.1, -0.05) is 47.5 Å². The van der Waals surface area contributed by atoms with Crippen LogP contribution in [0.2, 0.25) is 10.0 Å². The van der Waals surface area contributed by atoms with Gasteiger partial charge in [-0.25, -0.2) is 20.4 Å². The molecule has 49 heavy (non-hydrogen) atoms. The zero-order chi connectivity index (χ0) is 35.2. The molecule has 0 atom stereocenters. The summed E-state index contributed by atoms with van der Waals surface area (Å²) in [5, 5.41) is 8.38. The highest BCUT2D eigenvalue weighted by Gasteiger charge is 2.17. The van der Waals surface area contributed by atoms with Crippen molar-refractivity contribution in [3.63, 3.8) is 0 Å². The zero-order valence-corrected chi connectivity index (χ0v) is 27.8. The van der Waals surface area contributed by atoms with Crippen LogP contribution in [0.3, 0.4) is 0 Å². The van der Waals surface area contributed by atoms with Crippen molar-refractivity contribution in [3.8, 4) is 23.0 Å². The standard InChI is InChI=1S/C35H30Cl2N4O8/c1-46-30-18-22(14-16-28(30)48-34(44)24-8-3-5-10-26(24)36)20-38-40-32(42)12-7-13-33(43)41-39-21-23-15-17-29(31(19-23)47-2)49-35(45)25-9-4-6-11-27(25)37/h3-6,8-11,14-21H,7,12-13H2,1-2H3,(H,40,42)(H,41,43). The molecule has 4 aromatic carbocycles. The van der Waals surface area contributed by atoms with Crippen LogP contribution in [0.1, 0.15) is 51.1 Å². The smallest absolute Gasteiger partial charge is 0.345 e. The van der Waals surface area contributed by atoms with Crippen LogP contribution in [0.4, 0.5) is 0 Å². The van der Waals surface area contributed by atoms with Crippen molar-refractivity contribution in [1.82, 2.24) is 10.9 Å². The first-order chi connectivity index (χ1) is 23.7. The number of carbonyl (C=O) groups excluding carboxylic acids is 4. The molecule has 0 saturated heterocycles. The maximum absolute atomic E-state index is 12.5. The van der Waals surface area contributed by atoms with Gasteiger partial charge in [-0.05, 0) is 78.2 Å². The van der Waals surface area contributed by atoms with Crippen molar-refractivity contribution >= 4 is 59.4 Å². The molecule has 4 rings (SSSR count). The number of ether oxygens (including phenoxy) is 4. The summed E-state index contributed by atoms with van der Waals surface area (Å²) < 4.78 is 21.5. The third-order valence-electron chi connectivity index (χ3n) is 6.58. The summed E-state index contributed by atoms with van der Waals surface area (Å²) in [6.45, 7) is 0. The van der Waals surface area contributed by atoms with Crippen molar-refractivity contribution in [3.05, 3.63) is 117 Å². The second kappa shape index (κ2) is 18.0. The molecule has 2 amide bonds. The molecule has 0 heterocycles. The molecular weight excluding hydrogens is 675 g/mol. The van der Waals surface area contributed by atoms with Crippen molar-refractivity contribution in [1.29, 1.82) is 0 Å². The molecule has 0 saturated carbocycles. The molecule has 0 fully saturated rings. The average molecular weight is 706 g/mol. The van der Waals surface area contributed by atoms with E-state index >= 15 is 0 Å². The zero-order valence-electron chi connectivity index (χ0n) is 26.3. The first-order valence-corrected chi connectivity index (χ1v) is 15.4. The highest BCUT2D eigenvalue weighted by molar-refractivity contribution is 6.34. The quantitative estimate of drug-likeness (QED) is 0.0679. The van der Waals surface area contributed by atoms with E-state index in [0.29, 0.717) is 11.1 Å². The van der Waals surface area contributed by atoms with Gasteiger partial charge in [-0.2, -0.15) is 10.2 Å². The predicted molar refractivity (Wildman–Crippen MR) is 184 cm³/mol. The topological polar surface area (TPSA) is 154 Å². The molecule has 0 aliphatic carbocycles. The van der Waals surface area contributed by atoms with Crippen LogP contribution >= 0.6 is 23.2 Å². The number of methoxy groups -OCH3 is 2. The monoisotopic (exact) mass is 704 g/mol. The Morgan fingerprint density at radius 3 is 1.41 bits per heavy atom. The van der Waals surface area contributed by atoms with Gasteiger partial charge in [-0.15, -0.1) is 0 Å². The van der Waals surface area contributed by atoms with Gasteiger partial charge >= 0.3 is 11.9 Å². The van der Waals surface area contributed by atoms with Crippen molar-refractivity contribution in [2.24, 2.45) is 10.2 Å². The third-order valence-corrected chi connectivity index (χ3v) is 7.24. The van der Waals surface area contributed by atoms with Gasteiger partial charge in [0, 0.05) is 12.8 Å². The van der Waals surface area contributed by atoms with Gasteiger partial charge in [0.1, 0.15) is 0 Å². The fraction of sp³-hybridized carbons (Fsp3) is 0.143. The van der Waals surface area contributed by atoms with Crippen molar-refractivity contribution in [2.75, 3.05) is 14.2 Å². The van der Waals surface area contributed by atoms with E-state index in [1.54, 1.807) is 72.8 Å². The number of hydrazone groups is 2. The summed E-state index contributed by atoms with van der Waals surface area (Å²) >= 11 is 12.1. The van der Waals surface area contributed by atoms with Crippen molar-refractivity contribution in [2.45, 2.75) is 19.3 Å². The van der Waals surface area contributed by atoms with E-state index in [0.717, 1.165) is 0 Å². The first-order valence-electron chi connectivity index (χ1n) is 14.6. The minimum absolute atomic E-state index is 0.0420. The molecule has 252 valence electrons. The minimum atomic E-state index is -0.638. The fourth-order valence-electron chi connectivity index (χ4n) is 4.14. The van der Waals surface area contributed by atoms with Gasteiger partial charge in [0.05, 0.1) is 47.8 Å². The summed E-state index contributed by atoms with van der Waals surface area (Å²) in [6.07, 6.45) is 3.12. The SMILES string of the molecule is COc1cc(C=NNC(=O)CCCC(=O)NN=Cc2ccc(OC(=O)c3ccccc3Cl)c(OC)c2)ccc1OC(=O)c1ccccc1Cl. The number of hydrogen-bond acceptors (Lipinski definition) is 10. The predicted octanol–water partition coefficient (Wildman–Crippen LogP) is 6.22. The molecule has 0 aromatic heterocycles. The largest absolute Gasteiger partial charge is 0.493 e. The van der Waals surface area contributed by atoms with E-state index in [9.17, 15) is 19.2 Å². The molecule has 0 aliphatic heterocycles. The Bertz CT molecular complexity index is 1760. The highest BCUT2D eigenvalue weighted by atomic mass is 35.5. The van der Waals surface area contributed by atoms with Crippen LogP contribution in [0.25, 0.3) is 0 Å². The van der Waals surface area contributed by atoms with E-state index in [-0.39, 0.29) is 63.4 Å². The van der Waals surface area contributed by atoms with E-state index in [1.807, 2.05) is 0 Å². The average Bonchev–Trinajstić information content (AvgIpc) is 3.09. The van der Waals surface area contributed by atoms with Crippen molar-refractivity contribution < 1.29 is 38.1 Å². The van der Waals surface area contributed by atoms with Crippen LogP contribution in [0.5, 0.6) is 23.0 Å². The van der Waals surface area contributed by atoms with Crippen LogP contribution in [-0.4, -0.2) is 50.4 Å². The molecule has 0 bridgehead atoms. The van der Waals surface area contributed by atoms with E-state index in [4.69, 9.17) is 42.1 Å². The number of rotatable bonds is 14. The lowest BCUT2D eigenvalue weighted by Gasteiger charge is -2.10. The second-order valence-electron chi connectivity index (χ2n) is 10.00. The number of esters is 2. The molecule has 0 aliphatic rings. The molecule has 0 spiro atoms. The second-order valence-corrected chi connectivity index (χ2v) is 10.8. The Balaban J connectivity index is 1.19. The Labute approximate surface area is 291 Å². The Morgan fingerprint density at radius 2 is 1.02 bits per heavy atom. The molecule has 14 heteroatoms. The molecule has 0 unspecified atom stereocenters. The van der Waals surface area contributed by atoms with Gasteiger partial charge in [0.15, 0.2) is 23.0 Å². The number of nitrogens with zero attached hydrogens (tertiary/aromatic N) is 2. The Morgan fingerprint density at radius 1 is 0.612 bits per heavy atom. The lowest BCUT2D eigenvalue weighted by molar-refractivity contribution is -0.122. The third kappa shape index (κ3) is 10.6. The molecule has 0 radical (unpaired) electrons. The molecule has 2 N–H and O–H groups in total.